The first kappa shape index (κ1) is 11.1. The number of hydrogen-bond donors (Lipinski definition) is 0. The largest absolute Gasteiger partial charge is 0.303 e. The lowest BCUT2D eigenvalue weighted by atomic mass is 10.1. The molecule has 0 saturated carbocycles. The Morgan fingerprint density at radius 1 is 1.33 bits per heavy atom. The van der Waals surface area contributed by atoms with Crippen LogP contribution in [0.4, 0.5) is 8.78 Å². The van der Waals surface area contributed by atoms with Crippen molar-refractivity contribution in [3.8, 4) is 6.07 Å². The molecule has 0 spiro atoms. The standard InChI is InChI=1S/C11H7F2NO/c12-10-6-9(7-14)11(13)5-8(10)3-1-2-4-15/h1,3-6H,2H2. The Kier molecular flexibility index (Phi) is 3.69. The van der Waals surface area contributed by atoms with E-state index in [2.05, 4.69) is 0 Å². The van der Waals surface area contributed by atoms with E-state index in [0.717, 1.165) is 12.1 Å². The predicted molar refractivity (Wildman–Crippen MR) is 50.8 cm³/mol. The maximum atomic E-state index is 13.2. The fourth-order valence-corrected chi connectivity index (χ4v) is 1.03. The Morgan fingerprint density at radius 2 is 2.07 bits per heavy atom. The zero-order chi connectivity index (χ0) is 11.3. The second-order valence-corrected chi connectivity index (χ2v) is 2.77. The van der Waals surface area contributed by atoms with Crippen LogP contribution < -0.4 is 0 Å². The minimum atomic E-state index is -0.773. The van der Waals surface area contributed by atoms with Crippen LogP contribution in [0.25, 0.3) is 6.08 Å². The summed E-state index contributed by atoms with van der Waals surface area (Å²) in [7, 11) is 0. The molecule has 0 aliphatic heterocycles. The second kappa shape index (κ2) is 5.01. The van der Waals surface area contributed by atoms with Gasteiger partial charge in [-0.05, 0) is 12.1 Å². The van der Waals surface area contributed by atoms with Crippen molar-refractivity contribution >= 4 is 12.4 Å². The number of halogens is 2. The molecular weight excluding hydrogens is 200 g/mol. The number of benzene rings is 1. The molecule has 0 saturated heterocycles. The van der Waals surface area contributed by atoms with Gasteiger partial charge in [0.05, 0.1) is 5.56 Å². The van der Waals surface area contributed by atoms with Gasteiger partial charge in [-0.3, -0.25) is 0 Å². The molecule has 0 unspecified atom stereocenters. The van der Waals surface area contributed by atoms with Crippen LogP contribution in [0.2, 0.25) is 0 Å². The van der Waals surface area contributed by atoms with E-state index in [1.54, 1.807) is 0 Å². The monoisotopic (exact) mass is 207 g/mol. The molecule has 0 bridgehead atoms. The Balaban J connectivity index is 3.06. The molecule has 0 atom stereocenters. The molecule has 4 heteroatoms. The summed E-state index contributed by atoms with van der Waals surface area (Å²) in [6.45, 7) is 0. The van der Waals surface area contributed by atoms with Crippen LogP contribution in [0.3, 0.4) is 0 Å². The van der Waals surface area contributed by atoms with E-state index in [0.29, 0.717) is 6.29 Å². The van der Waals surface area contributed by atoms with E-state index in [9.17, 15) is 13.6 Å². The van der Waals surface area contributed by atoms with Crippen molar-refractivity contribution in [3.63, 3.8) is 0 Å². The van der Waals surface area contributed by atoms with Gasteiger partial charge >= 0.3 is 0 Å². The van der Waals surface area contributed by atoms with Gasteiger partial charge in [0, 0.05) is 12.0 Å². The molecule has 0 N–H and O–H groups in total. The van der Waals surface area contributed by atoms with Crippen LogP contribution in [0.15, 0.2) is 18.2 Å². The number of allylic oxidation sites excluding steroid dienone is 1. The molecule has 0 aromatic heterocycles. The molecule has 0 radical (unpaired) electrons. The zero-order valence-corrected chi connectivity index (χ0v) is 7.71. The Labute approximate surface area is 85.5 Å². The molecule has 1 aromatic rings. The number of hydrogen-bond acceptors (Lipinski definition) is 2. The summed E-state index contributed by atoms with van der Waals surface area (Å²) in [5.41, 5.74) is -0.312. The minimum absolute atomic E-state index is 0.0216. The van der Waals surface area contributed by atoms with Crippen LogP contribution in [-0.2, 0) is 4.79 Å². The number of aldehydes is 1. The first-order valence-electron chi connectivity index (χ1n) is 4.18. The lowest BCUT2D eigenvalue weighted by molar-refractivity contribution is -0.107. The first-order chi connectivity index (χ1) is 7.19. The van der Waals surface area contributed by atoms with Crippen LogP contribution in [0, 0.1) is 23.0 Å². The van der Waals surface area contributed by atoms with Gasteiger partial charge in [-0.25, -0.2) is 8.78 Å². The number of nitrogens with zero attached hydrogens (tertiary/aromatic N) is 1. The summed E-state index contributed by atoms with van der Waals surface area (Å²) in [6.07, 6.45) is 3.50. The average Bonchev–Trinajstić information content (AvgIpc) is 2.23. The number of carbonyl (C=O) groups excluding carboxylic acids is 1. The van der Waals surface area contributed by atoms with Gasteiger partial charge in [0.2, 0.25) is 0 Å². The third-order valence-electron chi connectivity index (χ3n) is 1.74. The molecule has 0 amide bonds. The second-order valence-electron chi connectivity index (χ2n) is 2.77. The summed E-state index contributed by atoms with van der Waals surface area (Å²) in [5, 5.41) is 8.43. The SMILES string of the molecule is N#Cc1cc(F)c(C=CCC=O)cc1F. The van der Waals surface area contributed by atoms with Gasteiger partial charge in [-0.15, -0.1) is 0 Å². The third-order valence-corrected chi connectivity index (χ3v) is 1.74. The van der Waals surface area contributed by atoms with Crippen molar-refractivity contribution < 1.29 is 13.6 Å². The van der Waals surface area contributed by atoms with E-state index in [1.165, 1.54) is 18.2 Å². The number of rotatable bonds is 3. The van der Waals surface area contributed by atoms with Gasteiger partial charge in [0.1, 0.15) is 24.0 Å². The van der Waals surface area contributed by atoms with E-state index in [-0.39, 0.29) is 17.5 Å². The molecular formula is C11H7F2NO. The van der Waals surface area contributed by atoms with E-state index < -0.39 is 11.6 Å². The highest BCUT2D eigenvalue weighted by atomic mass is 19.1. The summed E-state index contributed by atoms with van der Waals surface area (Å²) in [4.78, 5) is 9.99. The smallest absolute Gasteiger partial charge is 0.141 e. The van der Waals surface area contributed by atoms with Crippen molar-refractivity contribution in [1.82, 2.24) is 0 Å². The van der Waals surface area contributed by atoms with Crippen molar-refractivity contribution in [1.29, 1.82) is 5.26 Å². The topological polar surface area (TPSA) is 40.9 Å². The van der Waals surface area contributed by atoms with Gasteiger partial charge in [0.15, 0.2) is 0 Å². The lowest BCUT2D eigenvalue weighted by Crippen LogP contribution is -1.90. The summed E-state index contributed by atoms with van der Waals surface area (Å²) >= 11 is 0. The van der Waals surface area contributed by atoms with Crippen molar-refractivity contribution in [3.05, 3.63) is 41.0 Å². The fraction of sp³-hybridized carbons (Fsp3) is 0.0909. The molecule has 0 heterocycles. The van der Waals surface area contributed by atoms with Crippen LogP contribution >= 0.6 is 0 Å². The molecule has 15 heavy (non-hydrogen) atoms. The Morgan fingerprint density at radius 3 is 2.67 bits per heavy atom. The summed E-state index contributed by atoms with van der Waals surface area (Å²) in [6, 6.07) is 3.29. The molecule has 0 fully saturated rings. The third kappa shape index (κ3) is 2.71. The van der Waals surface area contributed by atoms with Crippen molar-refractivity contribution in [2.24, 2.45) is 0 Å². The highest BCUT2D eigenvalue weighted by Gasteiger charge is 2.06. The van der Waals surface area contributed by atoms with E-state index in [1.807, 2.05) is 0 Å². The normalized spacial score (nSPS) is 10.2. The molecule has 0 aliphatic rings. The van der Waals surface area contributed by atoms with E-state index >= 15 is 0 Å². The highest BCUT2D eigenvalue weighted by molar-refractivity contribution is 5.58. The predicted octanol–water partition coefficient (Wildman–Crippen LogP) is 2.44. The van der Waals surface area contributed by atoms with E-state index in [4.69, 9.17) is 5.26 Å². The number of carbonyl (C=O) groups is 1. The van der Waals surface area contributed by atoms with Crippen molar-refractivity contribution in [2.75, 3.05) is 0 Å². The molecule has 1 rings (SSSR count). The van der Waals surface area contributed by atoms with Gasteiger partial charge in [-0.2, -0.15) is 5.26 Å². The van der Waals surface area contributed by atoms with Gasteiger partial charge < -0.3 is 4.79 Å². The zero-order valence-electron chi connectivity index (χ0n) is 7.71. The quantitative estimate of drug-likeness (QED) is 0.714. The maximum Gasteiger partial charge on any atom is 0.141 e. The van der Waals surface area contributed by atoms with Crippen LogP contribution in [0.5, 0.6) is 0 Å². The highest BCUT2D eigenvalue weighted by Crippen LogP contribution is 2.15. The summed E-state index contributed by atoms with van der Waals surface area (Å²) < 4.78 is 26.2. The average molecular weight is 207 g/mol. The first-order valence-corrected chi connectivity index (χ1v) is 4.18. The lowest BCUT2D eigenvalue weighted by Gasteiger charge is -1.98. The van der Waals surface area contributed by atoms with Gasteiger partial charge in [-0.1, -0.05) is 12.2 Å². The van der Waals surface area contributed by atoms with Gasteiger partial charge in [0.25, 0.3) is 0 Å². The molecule has 0 aliphatic carbocycles. The Bertz CT molecular complexity index is 447. The fourth-order valence-electron chi connectivity index (χ4n) is 1.03. The summed E-state index contributed by atoms with van der Waals surface area (Å²) in [5.74, 6) is -1.46. The Hall–Kier alpha value is -2.02. The number of nitriles is 1. The van der Waals surface area contributed by atoms with Crippen molar-refractivity contribution in [2.45, 2.75) is 6.42 Å². The maximum absolute atomic E-state index is 13.2. The molecule has 2 nitrogen and oxygen atoms in total. The molecule has 76 valence electrons. The molecule has 1 aromatic carbocycles. The minimum Gasteiger partial charge on any atom is -0.303 e. The van der Waals surface area contributed by atoms with Crippen LogP contribution in [-0.4, -0.2) is 6.29 Å². The van der Waals surface area contributed by atoms with Crippen LogP contribution in [0.1, 0.15) is 17.5 Å².